The minimum Gasteiger partial charge on any atom is -0.298 e. The molecular formula is C19H22BrNO2S. The van der Waals surface area contributed by atoms with Crippen molar-refractivity contribution in [2.24, 2.45) is 0 Å². The van der Waals surface area contributed by atoms with Crippen molar-refractivity contribution < 1.29 is 8.42 Å². The van der Waals surface area contributed by atoms with Crippen LogP contribution in [0.3, 0.4) is 0 Å². The van der Waals surface area contributed by atoms with Gasteiger partial charge in [0.05, 0.1) is 10.6 Å². The van der Waals surface area contributed by atoms with Crippen molar-refractivity contribution in [3.63, 3.8) is 0 Å². The maximum atomic E-state index is 12.5. The molecule has 24 heavy (non-hydrogen) atoms. The Balaban J connectivity index is 1.70. The minimum atomic E-state index is -3.25. The Morgan fingerprint density at radius 3 is 2.58 bits per heavy atom. The molecule has 2 aromatic rings. The van der Waals surface area contributed by atoms with Gasteiger partial charge in [0.15, 0.2) is 9.84 Å². The lowest BCUT2D eigenvalue weighted by Gasteiger charge is -2.33. The summed E-state index contributed by atoms with van der Waals surface area (Å²) in [4.78, 5) is 2.58. The van der Waals surface area contributed by atoms with Crippen LogP contribution in [0.5, 0.6) is 0 Å². The van der Waals surface area contributed by atoms with Gasteiger partial charge in [-0.25, -0.2) is 8.42 Å². The average Bonchev–Trinajstić information content (AvgIpc) is 2.59. The molecule has 0 spiro atoms. The number of benzene rings is 2. The van der Waals surface area contributed by atoms with Gasteiger partial charge >= 0.3 is 0 Å². The van der Waals surface area contributed by atoms with Crippen LogP contribution >= 0.6 is 15.9 Å². The highest BCUT2D eigenvalue weighted by atomic mass is 79.9. The molecule has 1 aliphatic rings. The summed E-state index contributed by atoms with van der Waals surface area (Å²) in [7, 11) is -1.22. The molecule has 3 nitrogen and oxygen atoms in total. The molecule has 1 aliphatic carbocycles. The zero-order chi connectivity index (χ0) is 17.2. The molecule has 1 atom stereocenters. The van der Waals surface area contributed by atoms with Crippen molar-refractivity contribution in [2.75, 3.05) is 19.3 Å². The Kier molecular flexibility index (Phi) is 5.42. The molecule has 128 valence electrons. The topological polar surface area (TPSA) is 37.4 Å². The van der Waals surface area contributed by atoms with Crippen molar-refractivity contribution in [1.29, 1.82) is 0 Å². The third kappa shape index (κ3) is 3.90. The van der Waals surface area contributed by atoms with Gasteiger partial charge in [0, 0.05) is 17.1 Å². The zero-order valence-electron chi connectivity index (χ0n) is 13.8. The maximum absolute atomic E-state index is 12.5. The van der Waals surface area contributed by atoms with Gasteiger partial charge in [-0.1, -0.05) is 40.2 Å². The van der Waals surface area contributed by atoms with Gasteiger partial charge in [-0.15, -0.1) is 0 Å². The molecule has 0 aliphatic heterocycles. The smallest absolute Gasteiger partial charge is 0.179 e. The molecule has 0 saturated carbocycles. The first-order valence-electron chi connectivity index (χ1n) is 8.24. The average molecular weight is 408 g/mol. The van der Waals surface area contributed by atoms with E-state index in [9.17, 15) is 8.42 Å². The summed E-state index contributed by atoms with van der Waals surface area (Å²) in [6.07, 6.45) is 3.37. The maximum Gasteiger partial charge on any atom is 0.179 e. The van der Waals surface area contributed by atoms with Crippen LogP contribution in [0.2, 0.25) is 0 Å². The SMILES string of the molecule is CN(CCS(=O)(=O)c1ccc(Br)cc1)[C@@H]1CCCc2ccccc21. The predicted octanol–water partition coefficient (Wildman–Crippen LogP) is 4.23. The van der Waals surface area contributed by atoms with Crippen LogP contribution < -0.4 is 0 Å². The van der Waals surface area contributed by atoms with Crippen LogP contribution in [-0.4, -0.2) is 32.7 Å². The lowest BCUT2D eigenvalue weighted by atomic mass is 9.87. The van der Waals surface area contributed by atoms with Gasteiger partial charge in [-0.05, 0) is 61.7 Å². The van der Waals surface area contributed by atoms with E-state index in [1.165, 1.54) is 11.1 Å². The molecule has 0 heterocycles. The van der Waals surface area contributed by atoms with Crippen molar-refractivity contribution >= 4 is 25.8 Å². The lowest BCUT2D eigenvalue weighted by molar-refractivity contribution is 0.233. The molecule has 3 rings (SSSR count). The number of nitrogens with zero attached hydrogens (tertiary/aromatic N) is 1. The first kappa shape index (κ1) is 17.6. The molecule has 0 aromatic heterocycles. The van der Waals surface area contributed by atoms with E-state index in [0.29, 0.717) is 17.5 Å². The van der Waals surface area contributed by atoms with Gasteiger partial charge in [-0.3, -0.25) is 4.90 Å². The first-order chi connectivity index (χ1) is 11.5. The Labute approximate surface area is 152 Å². The number of aryl methyl sites for hydroxylation is 1. The van der Waals surface area contributed by atoms with Gasteiger partial charge in [0.1, 0.15) is 0 Å². The summed E-state index contributed by atoms with van der Waals surface area (Å²) in [5.41, 5.74) is 2.75. The summed E-state index contributed by atoms with van der Waals surface area (Å²) in [6.45, 7) is 0.539. The molecule has 0 unspecified atom stereocenters. The quantitative estimate of drug-likeness (QED) is 0.743. The highest BCUT2D eigenvalue weighted by Gasteiger charge is 2.24. The van der Waals surface area contributed by atoms with Crippen LogP contribution in [-0.2, 0) is 16.3 Å². The second-order valence-electron chi connectivity index (χ2n) is 6.36. The largest absolute Gasteiger partial charge is 0.298 e. The number of sulfone groups is 1. The van der Waals surface area contributed by atoms with Crippen molar-refractivity contribution in [1.82, 2.24) is 4.90 Å². The highest BCUT2D eigenvalue weighted by molar-refractivity contribution is 9.10. The Bertz CT molecular complexity index is 802. The Morgan fingerprint density at radius 1 is 1.12 bits per heavy atom. The second-order valence-corrected chi connectivity index (χ2v) is 9.39. The molecule has 0 saturated heterocycles. The lowest BCUT2D eigenvalue weighted by Crippen LogP contribution is -2.32. The molecule has 0 N–H and O–H groups in total. The number of hydrogen-bond acceptors (Lipinski definition) is 3. The fourth-order valence-electron chi connectivity index (χ4n) is 3.37. The fraction of sp³-hybridized carbons (Fsp3) is 0.368. The van der Waals surface area contributed by atoms with Crippen molar-refractivity contribution in [3.8, 4) is 0 Å². The molecular weight excluding hydrogens is 386 g/mol. The third-order valence-electron chi connectivity index (χ3n) is 4.76. The Morgan fingerprint density at radius 2 is 1.83 bits per heavy atom. The number of rotatable bonds is 5. The zero-order valence-corrected chi connectivity index (χ0v) is 16.2. The molecule has 0 bridgehead atoms. The fourth-order valence-corrected chi connectivity index (χ4v) is 4.95. The molecule has 0 fully saturated rings. The van der Waals surface area contributed by atoms with Gasteiger partial charge in [0.25, 0.3) is 0 Å². The van der Waals surface area contributed by atoms with E-state index in [4.69, 9.17) is 0 Å². The van der Waals surface area contributed by atoms with Crippen molar-refractivity contribution in [2.45, 2.75) is 30.2 Å². The summed E-state index contributed by atoms with van der Waals surface area (Å²) in [5, 5.41) is 0. The normalized spacial score (nSPS) is 17.7. The molecule has 0 amide bonds. The standard InChI is InChI=1S/C19H22BrNO2S/c1-21(19-8-4-6-15-5-2-3-7-18(15)19)13-14-24(22,23)17-11-9-16(20)10-12-17/h2-3,5,7,9-12,19H,4,6,8,13-14H2,1H3/t19-/m1/s1. The Hall–Kier alpha value is -1.17. The van der Waals surface area contributed by atoms with E-state index in [0.717, 1.165) is 23.7 Å². The van der Waals surface area contributed by atoms with Gasteiger partial charge in [0.2, 0.25) is 0 Å². The summed E-state index contributed by atoms with van der Waals surface area (Å²) >= 11 is 3.34. The first-order valence-corrected chi connectivity index (χ1v) is 10.7. The van der Waals surface area contributed by atoms with Crippen LogP contribution in [0.15, 0.2) is 57.9 Å². The van der Waals surface area contributed by atoms with E-state index in [1.54, 1.807) is 24.3 Å². The summed E-state index contributed by atoms with van der Waals surface area (Å²) in [6, 6.07) is 15.7. The van der Waals surface area contributed by atoms with Crippen LogP contribution in [0.4, 0.5) is 0 Å². The monoisotopic (exact) mass is 407 g/mol. The van der Waals surface area contributed by atoms with E-state index in [-0.39, 0.29) is 5.75 Å². The van der Waals surface area contributed by atoms with E-state index >= 15 is 0 Å². The second kappa shape index (κ2) is 7.38. The number of fused-ring (bicyclic) bond motifs is 1. The highest BCUT2D eigenvalue weighted by Crippen LogP contribution is 2.33. The van der Waals surface area contributed by atoms with Crippen molar-refractivity contribution in [3.05, 3.63) is 64.1 Å². The number of halogens is 1. The van der Waals surface area contributed by atoms with Crippen LogP contribution in [0, 0.1) is 0 Å². The molecule has 5 heteroatoms. The summed E-state index contributed by atoms with van der Waals surface area (Å²) in [5.74, 6) is 0.143. The van der Waals surface area contributed by atoms with E-state index in [2.05, 4.69) is 45.1 Å². The van der Waals surface area contributed by atoms with E-state index in [1.807, 2.05) is 7.05 Å². The number of hydrogen-bond donors (Lipinski definition) is 0. The molecule has 0 radical (unpaired) electrons. The predicted molar refractivity (Wildman–Crippen MR) is 101 cm³/mol. The van der Waals surface area contributed by atoms with Gasteiger partial charge in [-0.2, -0.15) is 0 Å². The van der Waals surface area contributed by atoms with Crippen LogP contribution in [0.1, 0.15) is 30.0 Å². The molecule has 2 aromatic carbocycles. The third-order valence-corrected chi connectivity index (χ3v) is 6.99. The minimum absolute atomic E-state index is 0.143. The summed E-state index contributed by atoms with van der Waals surface area (Å²) < 4.78 is 26.0. The van der Waals surface area contributed by atoms with Crippen LogP contribution in [0.25, 0.3) is 0 Å². The van der Waals surface area contributed by atoms with E-state index < -0.39 is 9.84 Å². The van der Waals surface area contributed by atoms with Gasteiger partial charge < -0.3 is 0 Å².